The van der Waals surface area contributed by atoms with E-state index in [9.17, 15) is 31.5 Å². The maximum Gasteiger partial charge on any atom is 0.422 e. The molecule has 1 fully saturated rings. The number of carbonyl (C=O) groups is 1. The number of ether oxygens (including phenoxy) is 1. The zero-order valence-corrected chi connectivity index (χ0v) is 19.1. The van der Waals surface area contributed by atoms with E-state index in [1.165, 1.54) is 15.8 Å². The van der Waals surface area contributed by atoms with Gasteiger partial charge in [0.25, 0.3) is 11.5 Å². The molecule has 2 aliphatic rings. The molecule has 0 unspecified atom stereocenters. The number of fused-ring (bicyclic) bond motifs is 1. The number of amides is 1. The Hall–Kier alpha value is -3.54. The number of rotatable bonds is 4. The molecule has 1 amide bonds. The normalized spacial score (nSPS) is 19.6. The average Bonchev–Trinajstić information content (AvgIpc) is 3.44. The number of pyridine rings is 1. The fourth-order valence-electron chi connectivity index (χ4n) is 4.76. The number of hydrogen-bond donors (Lipinski definition) is 0. The monoisotopic (exact) mass is 524 g/mol. The third kappa shape index (κ3) is 4.89. The predicted molar refractivity (Wildman–Crippen MR) is 123 cm³/mol. The van der Waals surface area contributed by atoms with Crippen LogP contribution in [-0.2, 0) is 17.5 Å². The Morgan fingerprint density at radius 1 is 1.08 bits per heavy atom. The summed E-state index contributed by atoms with van der Waals surface area (Å²) in [4.78, 5) is 31.7. The summed E-state index contributed by atoms with van der Waals surface area (Å²) in [7, 11) is 0. The number of aromatic nitrogens is 3. The van der Waals surface area contributed by atoms with E-state index < -0.39 is 35.6 Å². The van der Waals surface area contributed by atoms with Crippen LogP contribution in [0.5, 0.6) is 0 Å². The zero-order valence-electron chi connectivity index (χ0n) is 19.1. The van der Waals surface area contributed by atoms with Gasteiger partial charge in [0, 0.05) is 25.8 Å². The van der Waals surface area contributed by atoms with E-state index in [-0.39, 0.29) is 49.8 Å². The summed E-state index contributed by atoms with van der Waals surface area (Å²) in [5, 5.41) is 0. The first-order valence-corrected chi connectivity index (χ1v) is 11.3. The summed E-state index contributed by atoms with van der Waals surface area (Å²) in [5.74, 6) is -3.74. The van der Waals surface area contributed by atoms with Crippen molar-refractivity contribution in [3.8, 4) is 5.69 Å². The number of nitrogens with zero attached hydrogens (tertiary/aromatic N) is 4. The van der Waals surface area contributed by atoms with Gasteiger partial charge < -0.3 is 18.8 Å². The fourth-order valence-corrected chi connectivity index (χ4v) is 4.76. The second-order valence-electron chi connectivity index (χ2n) is 8.92. The maximum absolute atomic E-state index is 14.0. The van der Waals surface area contributed by atoms with Crippen LogP contribution in [-0.4, -0.2) is 44.1 Å². The van der Waals surface area contributed by atoms with Gasteiger partial charge in [-0.3, -0.25) is 9.59 Å². The lowest BCUT2D eigenvalue weighted by Crippen LogP contribution is -2.47. The molecule has 0 N–H and O–H groups in total. The van der Waals surface area contributed by atoms with E-state index in [0.717, 1.165) is 5.69 Å². The molecule has 4 heterocycles. The molecule has 12 heteroatoms. The highest BCUT2D eigenvalue weighted by Crippen LogP contribution is 2.38. The van der Waals surface area contributed by atoms with E-state index in [2.05, 4.69) is 4.98 Å². The summed E-state index contributed by atoms with van der Waals surface area (Å²) in [6.45, 7) is 2.50. The molecule has 7 nitrogen and oxygen atoms in total. The third-order valence-corrected chi connectivity index (χ3v) is 6.50. The minimum atomic E-state index is -5.14. The smallest absolute Gasteiger partial charge is 0.368 e. The van der Waals surface area contributed by atoms with Crippen LogP contribution < -0.4 is 5.56 Å². The summed E-state index contributed by atoms with van der Waals surface area (Å²) in [6.07, 6.45) is -2.39. The van der Waals surface area contributed by atoms with Crippen molar-refractivity contribution < 1.29 is 31.5 Å². The molecule has 5 rings (SSSR count). The van der Waals surface area contributed by atoms with Crippen molar-refractivity contribution >= 4 is 5.91 Å². The molecule has 0 radical (unpaired) electrons. The molecule has 0 aliphatic carbocycles. The molecule has 2 atom stereocenters. The van der Waals surface area contributed by atoms with Crippen LogP contribution in [0.4, 0.5) is 22.0 Å². The molecule has 0 saturated carbocycles. The lowest BCUT2D eigenvalue weighted by atomic mass is 10.0. The topological polar surface area (TPSA) is 69.4 Å². The predicted octanol–water partition coefficient (Wildman–Crippen LogP) is 4.65. The lowest BCUT2D eigenvalue weighted by molar-refractivity contribution is -0.142. The van der Waals surface area contributed by atoms with Crippen LogP contribution in [0.2, 0.25) is 0 Å². The number of aryl methyl sites for hydroxylation is 1. The summed E-state index contributed by atoms with van der Waals surface area (Å²) < 4.78 is 75.4. The van der Waals surface area contributed by atoms with Crippen molar-refractivity contribution in [1.82, 2.24) is 19.0 Å². The Balaban J connectivity index is 0.00000320. The van der Waals surface area contributed by atoms with Gasteiger partial charge in [-0.2, -0.15) is 13.2 Å². The van der Waals surface area contributed by atoms with Gasteiger partial charge >= 0.3 is 6.18 Å². The highest BCUT2D eigenvalue weighted by Gasteiger charge is 2.39. The van der Waals surface area contributed by atoms with Gasteiger partial charge in [0.05, 0.1) is 24.2 Å². The number of carbonyl (C=O) groups excluding carboxylic acids is 1. The number of imidazole rings is 1. The summed E-state index contributed by atoms with van der Waals surface area (Å²) in [5.41, 5.74) is -0.922. The van der Waals surface area contributed by atoms with Gasteiger partial charge in [-0.05, 0) is 49.6 Å². The van der Waals surface area contributed by atoms with E-state index in [4.69, 9.17) is 4.74 Å². The molecule has 1 saturated heterocycles. The van der Waals surface area contributed by atoms with Crippen LogP contribution in [0.25, 0.3) is 5.69 Å². The summed E-state index contributed by atoms with van der Waals surface area (Å²) in [6, 6.07) is 4.43. The van der Waals surface area contributed by atoms with E-state index in [0.29, 0.717) is 30.7 Å². The van der Waals surface area contributed by atoms with Gasteiger partial charge in [0.2, 0.25) is 0 Å². The average molecular weight is 524 g/mol. The van der Waals surface area contributed by atoms with Crippen molar-refractivity contribution in [2.24, 2.45) is 0 Å². The number of halogens is 5. The Morgan fingerprint density at radius 2 is 1.78 bits per heavy atom. The quantitative estimate of drug-likeness (QED) is 0.466. The van der Waals surface area contributed by atoms with Crippen molar-refractivity contribution in [2.75, 3.05) is 13.1 Å². The standard InChI is InChI=1S/C24H21F5N4O3.CH4/c1-13-10-32(12-30-13)18-3-4-19-22(34)31(6-7-33(19)23(18)35)11-15-2-5-20(36-15)14-8-16(25)21(17(26)9-14)24(27,28)29;/h3-4,8-10,12,15,20H,2,5-7,11H2,1H3;1H4/t15-,20+;/m0./s1. The summed E-state index contributed by atoms with van der Waals surface area (Å²) >= 11 is 0. The molecule has 0 bridgehead atoms. The van der Waals surface area contributed by atoms with E-state index >= 15 is 0 Å². The number of benzene rings is 1. The van der Waals surface area contributed by atoms with Crippen molar-refractivity contribution in [2.45, 2.75) is 52.1 Å². The van der Waals surface area contributed by atoms with Gasteiger partial charge in [0.15, 0.2) is 0 Å². The fraction of sp³-hybridized carbons (Fsp3) is 0.400. The zero-order chi connectivity index (χ0) is 25.8. The van der Waals surface area contributed by atoms with Crippen LogP contribution in [0.1, 0.15) is 53.7 Å². The SMILES string of the molecule is C.Cc1cn(-c2ccc3n(c2=O)CCN(C[C@@H]2CC[C@H](c4cc(F)c(C(F)(F)F)c(F)c4)O2)C3=O)cn1. The molecule has 1 aromatic carbocycles. The molecule has 0 spiro atoms. The van der Waals surface area contributed by atoms with Crippen LogP contribution in [0, 0.1) is 18.6 Å². The Morgan fingerprint density at radius 3 is 2.41 bits per heavy atom. The largest absolute Gasteiger partial charge is 0.422 e. The Labute approximate surface area is 209 Å². The maximum atomic E-state index is 14.0. The first-order chi connectivity index (χ1) is 17.0. The number of hydrogen-bond acceptors (Lipinski definition) is 4. The third-order valence-electron chi connectivity index (χ3n) is 6.50. The van der Waals surface area contributed by atoms with Gasteiger partial charge in [-0.15, -0.1) is 0 Å². The van der Waals surface area contributed by atoms with Crippen LogP contribution >= 0.6 is 0 Å². The van der Waals surface area contributed by atoms with Gasteiger partial charge in [-0.25, -0.2) is 13.8 Å². The molecule has 2 aromatic heterocycles. The first-order valence-electron chi connectivity index (χ1n) is 11.3. The van der Waals surface area contributed by atoms with Crippen molar-refractivity contribution in [1.29, 1.82) is 0 Å². The van der Waals surface area contributed by atoms with E-state index in [1.54, 1.807) is 29.8 Å². The highest BCUT2D eigenvalue weighted by atomic mass is 19.4. The van der Waals surface area contributed by atoms with Crippen molar-refractivity contribution in [3.05, 3.63) is 81.3 Å². The number of alkyl halides is 3. The lowest BCUT2D eigenvalue weighted by Gasteiger charge is -2.31. The molecule has 37 heavy (non-hydrogen) atoms. The van der Waals surface area contributed by atoms with Crippen molar-refractivity contribution in [3.63, 3.8) is 0 Å². The highest BCUT2D eigenvalue weighted by molar-refractivity contribution is 5.93. The first kappa shape index (κ1) is 26.5. The Bertz CT molecular complexity index is 1370. The minimum absolute atomic E-state index is 0. The van der Waals surface area contributed by atoms with Gasteiger partial charge in [-0.1, -0.05) is 7.43 Å². The Kier molecular flexibility index (Phi) is 6.97. The van der Waals surface area contributed by atoms with Gasteiger partial charge in [0.1, 0.15) is 28.6 Å². The van der Waals surface area contributed by atoms with E-state index in [1.807, 2.05) is 0 Å². The van der Waals surface area contributed by atoms with Crippen LogP contribution in [0.15, 0.2) is 41.6 Å². The second-order valence-corrected chi connectivity index (χ2v) is 8.92. The van der Waals surface area contributed by atoms with Crippen LogP contribution in [0.3, 0.4) is 0 Å². The molecular formula is C25H25F5N4O3. The second kappa shape index (κ2) is 9.73. The molecular weight excluding hydrogens is 499 g/mol. The molecule has 198 valence electrons. The minimum Gasteiger partial charge on any atom is -0.368 e. The molecule has 3 aromatic rings. The molecule has 2 aliphatic heterocycles.